The number of likely N-dealkylation sites (tertiary alicyclic amines) is 1. The molecule has 0 aliphatic carbocycles. The third kappa shape index (κ3) is 5.07. The Bertz CT molecular complexity index is 1040. The molecule has 4 rings (SSSR count). The van der Waals surface area contributed by atoms with Crippen LogP contribution in [0.25, 0.3) is 0 Å². The summed E-state index contributed by atoms with van der Waals surface area (Å²) in [6, 6.07) is 8.59. The van der Waals surface area contributed by atoms with Crippen LogP contribution in [0.15, 0.2) is 35.3 Å². The number of hydrogen-bond donors (Lipinski definition) is 0. The fraction of sp³-hybridized carbons (Fsp3) is 0.417. The number of fused-ring (bicyclic) bond motifs is 1. The van der Waals surface area contributed by atoms with Crippen molar-refractivity contribution in [2.24, 2.45) is 4.99 Å². The Morgan fingerprint density at radius 3 is 2.73 bits per heavy atom. The zero-order valence-corrected chi connectivity index (χ0v) is 19.5. The maximum Gasteiger partial charge on any atom is 0.248 e. The van der Waals surface area contributed by atoms with E-state index in [2.05, 4.69) is 4.99 Å². The van der Waals surface area contributed by atoms with E-state index in [0.29, 0.717) is 56.3 Å². The topological polar surface area (TPSA) is 63.6 Å². The van der Waals surface area contributed by atoms with Gasteiger partial charge in [-0.05, 0) is 25.1 Å². The molecule has 0 atom stereocenters. The van der Waals surface area contributed by atoms with Crippen molar-refractivity contribution >= 4 is 35.2 Å². The number of nitrogens with zero attached hydrogens (tertiary/aromatic N) is 3. The fourth-order valence-electron chi connectivity index (χ4n) is 4.03. The predicted molar refractivity (Wildman–Crippen MR) is 125 cm³/mol. The summed E-state index contributed by atoms with van der Waals surface area (Å²) in [6.07, 6.45) is 2.93. The number of amides is 1. The molecule has 2 aromatic carbocycles. The standard InChI is InChI=1S/C24H27ClFN3O4/c1-3-32-14-23(30)28-9-7-17(8-10-28)33-22-12-20-16(11-21(22)31-2)13-27-15-29(20)19-6-4-5-18(25)24(19)26/h4-6,11-12,15,17H,3,7-10,13-14H2,1-2H3. The second-order valence-corrected chi connectivity index (χ2v) is 8.27. The first-order valence-corrected chi connectivity index (χ1v) is 11.4. The number of ether oxygens (including phenoxy) is 3. The Morgan fingerprint density at radius 2 is 2.00 bits per heavy atom. The molecule has 33 heavy (non-hydrogen) atoms. The first-order valence-electron chi connectivity index (χ1n) is 11.0. The summed E-state index contributed by atoms with van der Waals surface area (Å²) in [5.74, 6) is 0.645. The molecule has 2 aromatic rings. The van der Waals surface area contributed by atoms with Crippen LogP contribution < -0.4 is 14.4 Å². The number of hydrogen-bond acceptors (Lipinski definition) is 6. The van der Waals surface area contributed by atoms with Gasteiger partial charge in [0, 0.05) is 44.2 Å². The SMILES string of the molecule is CCOCC(=O)N1CCC(Oc2cc3c(cc2OC)CN=CN3c2cccc(Cl)c2F)CC1. The molecule has 1 fully saturated rings. The van der Waals surface area contributed by atoms with Crippen molar-refractivity contribution in [1.82, 2.24) is 4.90 Å². The summed E-state index contributed by atoms with van der Waals surface area (Å²) in [5.41, 5.74) is 1.95. The van der Waals surface area contributed by atoms with Crippen LogP contribution in [0, 0.1) is 5.82 Å². The highest BCUT2D eigenvalue weighted by Gasteiger charge is 2.27. The van der Waals surface area contributed by atoms with Crippen LogP contribution >= 0.6 is 11.6 Å². The van der Waals surface area contributed by atoms with E-state index < -0.39 is 5.82 Å². The van der Waals surface area contributed by atoms with Gasteiger partial charge in [0.25, 0.3) is 0 Å². The lowest BCUT2D eigenvalue weighted by molar-refractivity contribution is -0.137. The Hall–Kier alpha value is -2.84. The summed E-state index contributed by atoms with van der Waals surface area (Å²) in [5, 5.41) is 0.0450. The molecule has 2 aliphatic heterocycles. The molecule has 0 unspecified atom stereocenters. The van der Waals surface area contributed by atoms with E-state index in [1.165, 1.54) is 6.07 Å². The lowest BCUT2D eigenvalue weighted by Crippen LogP contribution is -2.43. The van der Waals surface area contributed by atoms with E-state index in [-0.39, 0.29) is 23.6 Å². The molecule has 0 radical (unpaired) electrons. The number of carbonyl (C=O) groups is 1. The van der Waals surface area contributed by atoms with E-state index in [0.717, 1.165) is 11.3 Å². The number of halogens is 2. The number of carbonyl (C=O) groups excluding carboxylic acids is 1. The summed E-state index contributed by atoms with van der Waals surface area (Å²) >= 11 is 6.00. The molecular weight excluding hydrogens is 449 g/mol. The molecule has 176 valence electrons. The number of piperidine rings is 1. The Labute approximate surface area is 197 Å². The number of methoxy groups -OCH3 is 1. The van der Waals surface area contributed by atoms with Gasteiger partial charge in [-0.15, -0.1) is 0 Å². The minimum Gasteiger partial charge on any atom is -0.493 e. The van der Waals surface area contributed by atoms with Gasteiger partial charge in [0.1, 0.15) is 12.7 Å². The number of benzene rings is 2. The first-order chi connectivity index (χ1) is 16.0. The molecule has 0 bridgehead atoms. The molecule has 1 saturated heterocycles. The number of anilines is 2. The summed E-state index contributed by atoms with van der Waals surface area (Å²) < 4.78 is 31.8. The van der Waals surface area contributed by atoms with Crippen molar-refractivity contribution < 1.29 is 23.4 Å². The number of aliphatic imine (C=N–C) groups is 1. The molecule has 9 heteroatoms. The monoisotopic (exact) mass is 475 g/mol. The van der Waals surface area contributed by atoms with Crippen molar-refractivity contribution in [3.8, 4) is 11.5 Å². The molecule has 2 heterocycles. The lowest BCUT2D eigenvalue weighted by atomic mass is 10.1. The lowest BCUT2D eigenvalue weighted by Gasteiger charge is -2.33. The second kappa shape index (κ2) is 10.4. The van der Waals surface area contributed by atoms with E-state index in [9.17, 15) is 9.18 Å². The molecule has 2 aliphatic rings. The summed E-state index contributed by atoms with van der Waals surface area (Å²) in [6.45, 7) is 4.16. The first kappa shape index (κ1) is 23.3. The van der Waals surface area contributed by atoms with Gasteiger partial charge in [0.05, 0.1) is 36.4 Å². The van der Waals surface area contributed by atoms with E-state index in [1.807, 2.05) is 19.1 Å². The highest BCUT2D eigenvalue weighted by molar-refractivity contribution is 6.31. The fourth-order valence-corrected chi connectivity index (χ4v) is 4.20. The maximum absolute atomic E-state index is 14.7. The molecule has 7 nitrogen and oxygen atoms in total. The van der Waals surface area contributed by atoms with Gasteiger partial charge in [-0.25, -0.2) is 4.39 Å². The normalized spacial score (nSPS) is 16.0. The van der Waals surface area contributed by atoms with Crippen molar-refractivity contribution in [1.29, 1.82) is 0 Å². The van der Waals surface area contributed by atoms with Gasteiger partial charge in [0.2, 0.25) is 5.91 Å². The average Bonchev–Trinajstić information content (AvgIpc) is 2.84. The van der Waals surface area contributed by atoms with Crippen LogP contribution in [0.1, 0.15) is 25.3 Å². The number of rotatable bonds is 7. The van der Waals surface area contributed by atoms with Gasteiger partial charge in [-0.2, -0.15) is 0 Å². The van der Waals surface area contributed by atoms with E-state index >= 15 is 0 Å². The van der Waals surface area contributed by atoms with Crippen LogP contribution in [0.3, 0.4) is 0 Å². The molecular formula is C24H27ClFN3O4. The molecule has 0 spiro atoms. The van der Waals surface area contributed by atoms with Crippen molar-refractivity contribution in [2.45, 2.75) is 32.4 Å². The third-order valence-corrected chi connectivity index (χ3v) is 6.08. The van der Waals surface area contributed by atoms with Gasteiger partial charge in [-0.1, -0.05) is 17.7 Å². The Balaban J connectivity index is 1.53. The minimum absolute atomic E-state index is 0.000129. The van der Waals surface area contributed by atoms with Crippen molar-refractivity contribution in [2.75, 3.05) is 38.3 Å². The van der Waals surface area contributed by atoms with Gasteiger partial charge in [0.15, 0.2) is 17.3 Å². The molecule has 0 N–H and O–H groups in total. The third-order valence-electron chi connectivity index (χ3n) is 5.79. The summed E-state index contributed by atoms with van der Waals surface area (Å²) in [7, 11) is 1.59. The van der Waals surface area contributed by atoms with Crippen LogP contribution in [0.5, 0.6) is 11.5 Å². The van der Waals surface area contributed by atoms with Crippen LogP contribution in [-0.2, 0) is 16.1 Å². The van der Waals surface area contributed by atoms with Gasteiger partial charge < -0.3 is 19.1 Å². The highest BCUT2D eigenvalue weighted by atomic mass is 35.5. The molecule has 1 amide bonds. The zero-order valence-electron chi connectivity index (χ0n) is 18.7. The zero-order chi connectivity index (χ0) is 23.4. The highest BCUT2D eigenvalue weighted by Crippen LogP contribution is 2.41. The second-order valence-electron chi connectivity index (χ2n) is 7.87. The predicted octanol–water partition coefficient (Wildman–Crippen LogP) is 4.57. The largest absolute Gasteiger partial charge is 0.493 e. The maximum atomic E-state index is 14.7. The van der Waals surface area contributed by atoms with Gasteiger partial charge >= 0.3 is 0 Å². The van der Waals surface area contributed by atoms with Crippen molar-refractivity contribution in [3.05, 3.63) is 46.7 Å². The smallest absolute Gasteiger partial charge is 0.248 e. The van der Waals surface area contributed by atoms with Crippen LogP contribution in [0.4, 0.5) is 15.8 Å². The van der Waals surface area contributed by atoms with E-state index in [1.54, 1.807) is 35.4 Å². The van der Waals surface area contributed by atoms with E-state index in [4.69, 9.17) is 25.8 Å². The molecule has 0 aromatic heterocycles. The summed E-state index contributed by atoms with van der Waals surface area (Å²) in [4.78, 5) is 20.0. The van der Waals surface area contributed by atoms with Gasteiger partial charge in [-0.3, -0.25) is 14.7 Å². The Kier molecular flexibility index (Phi) is 7.35. The minimum atomic E-state index is -0.513. The van der Waals surface area contributed by atoms with Crippen molar-refractivity contribution in [3.63, 3.8) is 0 Å². The average molecular weight is 476 g/mol. The molecule has 0 saturated carbocycles. The Morgan fingerprint density at radius 1 is 1.21 bits per heavy atom. The van der Waals surface area contributed by atoms with Crippen LogP contribution in [0.2, 0.25) is 5.02 Å². The quantitative estimate of drug-likeness (QED) is 0.586. The van der Waals surface area contributed by atoms with Crippen LogP contribution in [-0.4, -0.2) is 56.7 Å².